The third kappa shape index (κ3) is 4.04. The van der Waals surface area contributed by atoms with Gasteiger partial charge in [-0.2, -0.15) is 0 Å². The zero-order valence-electron chi connectivity index (χ0n) is 9.06. The quantitative estimate of drug-likeness (QED) is 0.752. The van der Waals surface area contributed by atoms with Gasteiger partial charge in [0, 0.05) is 6.07 Å². The average Bonchev–Trinajstić information content (AvgIpc) is 2.29. The molecule has 0 unspecified atom stereocenters. The first-order chi connectivity index (χ1) is 7.26. The van der Waals surface area contributed by atoms with Crippen LogP contribution in [0.25, 0.3) is 0 Å². The minimum Gasteiger partial charge on any atom is -0.497 e. The van der Waals surface area contributed by atoms with Gasteiger partial charge >= 0.3 is 0 Å². The Morgan fingerprint density at radius 3 is 2.80 bits per heavy atom. The largest absolute Gasteiger partial charge is 0.497 e. The molecule has 0 radical (unpaired) electrons. The molecule has 0 bridgehead atoms. The van der Waals surface area contributed by atoms with Crippen LogP contribution in [0.3, 0.4) is 0 Å². The molecule has 0 saturated carbocycles. The highest BCUT2D eigenvalue weighted by atomic mass is 16.5. The van der Waals surface area contributed by atoms with Gasteiger partial charge in [-0.3, -0.25) is 0 Å². The van der Waals surface area contributed by atoms with E-state index in [1.807, 2.05) is 37.3 Å². The SMILES string of the molecule is COc1cccc(OC/C=C(\C)CO)c1. The molecule has 0 aromatic heterocycles. The lowest BCUT2D eigenvalue weighted by Gasteiger charge is -2.05. The molecule has 0 spiro atoms. The number of ether oxygens (including phenoxy) is 2. The molecule has 1 N–H and O–H groups in total. The van der Waals surface area contributed by atoms with Crippen molar-refractivity contribution in [3.05, 3.63) is 35.9 Å². The average molecular weight is 208 g/mol. The summed E-state index contributed by atoms with van der Waals surface area (Å²) in [5.41, 5.74) is 0.901. The van der Waals surface area contributed by atoms with Crippen molar-refractivity contribution >= 4 is 0 Å². The van der Waals surface area contributed by atoms with Crippen molar-refractivity contribution < 1.29 is 14.6 Å². The number of rotatable bonds is 5. The topological polar surface area (TPSA) is 38.7 Å². The number of hydrogen-bond donors (Lipinski definition) is 1. The summed E-state index contributed by atoms with van der Waals surface area (Å²) in [6.07, 6.45) is 1.85. The third-order valence-electron chi connectivity index (χ3n) is 1.97. The van der Waals surface area contributed by atoms with Crippen LogP contribution in [0.1, 0.15) is 6.92 Å². The van der Waals surface area contributed by atoms with E-state index < -0.39 is 0 Å². The highest BCUT2D eigenvalue weighted by Crippen LogP contribution is 2.18. The van der Waals surface area contributed by atoms with E-state index in [0.717, 1.165) is 17.1 Å². The molecule has 0 aliphatic rings. The Morgan fingerprint density at radius 1 is 1.40 bits per heavy atom. The lowest BCUT2D eigenvalue weighted by atomic mass is 10.3. The predicted octanol–water partition coefficient (Wildman–Crippen LogP) is 2.01. The Morgan fingerprint density at radius 2 is 2.13 bits per heavy atom. The predicted molar refractivity (Wildman–Crippen MR) is 59.3 cm³/mol. The summed E-state index contributed by atoms with van der Waals surface area (Å²) in [4.78, 5) is 0. The fourth-order valence-electron chi connectivity index (χ4n) is 1.04. The minimum absolute atomic E-state index is 0.0709. The molecule has 0 heterocycles. The van der Waals surface area contributed by atoms with Crippen molar-refractivity contribution in [1.29, 1.82) is 0 Å². The van der Waals surface area contributed by atoms with E-state index in [-0.39, 0.29) is 6.61 Å². The number of methoxy groups -OCH3 is 1. The Bertz CT molecular complexity index is 331. The van der Waals surface area contributed by atoms with Crippen molar-refractivity contribution in [1.82, 2.24) is 0 Å². The molecule has 82 valence electrons. The van der Waals surface area contributed by atoms with Gasteiger partial charge in [-0.1, -0.05) is 6.07 Å². The maximum atomic E-state index is 8.77. The molecule has 15 heavy (non-hydrogen) atoms. The Labute approximate surface area is 90.0 Å². The Hall–Kier alpha value is -1.48. The van der Waals surface area contributed by atoms with Crippen LogP contribution in [0.15, 0.2) is 35.9 Å². The van der Waals surface area contributed by atoms with Gasteiger partial charge in [0.05, 0.1) is 13.7 Å². The first-order valence-corrected chi connectivity index (χ1v) is 4.79. The second-order valence-electron chi connectivity index (χ2n) is 3.20. The van der Waals surface area contributed by atoms with Crippen LogP contribution in [0.4, 0.5) is 0 Å². The molecular weight excluding hydrogens is 192 g/mol. The van der Waals surface area contributed by atoms with Gasteiger partial charge < -0.3 is 14.6 Å². The van der Waals surface area contributed by atoms with Crippen LogP contribution in [0, 0.1) is 0 Å². The second kappa shape index (κ2) is 6.09. The molecule has 0 fully saturated rings. The van der Waals surface area contributed by atoms with Gasteiger partial charge in [-0.25, -0.2) is 0 Å². The fourth-order valence-corrected chi connectivity index (χ4v) is 1.04. The fraction of sp³-hybridized carbons (Fsp3) is 0.333. The maximum absolute atomic E-state index is 8.77. The van der Waals surface area contributed by atoms with Crippen LogP contribution >= 0.6 is 0 Å². The summed E-state index contributed by atoms with van der Waals surface area (Å²) < 4.78 is 10.5. The van der Waals surface area contributed by atoms with Gasteiger partial charge in [-0.05, 0) is 30.7 Å². The van der Waals surface area contributed by atoms with Crippen LogP contribution in [0.5, 0.6) is 11.5 Å². The van der Waals surface area contributed by atoms with Crippen LogP contribution < -0.4 is 9.47 Å². The molecule has 3 heteroatoms. The highest BCUT2D eigenvalue weighted by molar-refractivity contribution is 5.32. The van der Waals surface area contributed by atoms with Crippen molar-refractivity contribution in [2.75, 3.05) is 20.3 Å². The summed E-state index contributed by atoms with van der Waals surface area (Å²) in [6.45, 7) is 2.38. The zero-order valence-corrected chi connectivity index (χ0v) is 9.06. The van der Waals surface area contributed by atoms with E-state index in [1.165, 1.54) is 0 Å². The smallest absolute Gasteiger partial charge is 0.123 e. The van der Waals surface area contributed by atoms with E-state index in [4.69, 9.17) is 14.6 Å². The van der Waals surface area contributed by atoms with Crippen LogP contribution in [-0.4, -0.2) is 25.4 Å². The molecule has 0 aliphatic carbocycles. The molecule has 0 saturated heterocycles. The summed E-state index contributed by atoms with van der Waals surface area (Å²) in [5.74, 6) is 1.53. The lowest BCUT2D eigenvalue weighted by molar-refractivity contribution is 0.324. The monoisotopic (exact) mass is 208 g/mol. The van der Waals surface area contributed by atoms with Crippen LogP contribution in [-0.2, 0) is 0 Å². The summed E-state index contributed by atoms with van der Waals surface area (Å²) in [7, 11) is 1.62. The molecule has 1 rings (SSSR count). The molecule has 1 aromatic rings. The van der Waals surface area contributed by atoms with Gasteiger partial charge in [0.2, 0.25) is 0 Å². The number of aliphatic hydroxyl groups excluding tert-OH is 1. The van der Waals surface area contributed by atoms with E-state index in [9.17, 15) is 0 Å². The number of aliphatic hydroxyl groups is 1. The van der Waals surface area contributed by atoms with Gasteiger partial charge in [0.15, 0.2) is 0 Å². The van der Waals surface area contributed by atoms with Gasteiger partial charge in [-0.15, -0.1) is 0 Å². The zero-order chi connectivity index (χ0) is 11.1. The van der Waals surface area contributed by atoms with E-state index in [1.54, 1.807) is 7.11 Å². The summed E-state index contributed by atoms with van der Waals surface area (Å²) in [6, 6.07) is 7.42. The molecule has 0 aliphatic heterocycles. The summed E-state index contributed by atoms with van der Waals surface area (Å²) in [5, 5.41) is 8.77. The van der Waals surface area contributed by atoms with E-state index in [2.05, 4.69) is 0 Å². The highest BCUT2D eigenvalue weighted by Gasteiger charge is 1.95. The molecular formula is C12H16O3. The number of benzene rings is 1. The minimum atomic E-state index is 0.0709. The first kappa shape index (κ1) is 11.6. The normalized spacial score (nSPS) is 11.3. The standard InChI is InChI=1S/C12H16O3/c1-10(9-13)6-7-15-12-5-3-4-11(8-12)14-2/h3-6,8,13H,7,9H2,1-2H3/b10-6+. The van der Waals surface area contributed by atoms with Crippen LogP contribution in [0.2, 0.25) is 0 Å². The van der Waals surface area contributed by atoms with Crippen molar-refractivity contribution in [2.24, 2.45) is 0 Å². The van der Waals surface area contributed by atoms with Crippen molar-refractivity contribution in [2.45, 2.75) is 6.92 Å². The van der Waals surface area contributed by atoms with Crippen molar-refractivity contribution in [3.8, 4) is 11.5 Å². The Balaban J connectivity index is 2.50. The molecule has 1 aromatic carbocycles. The molecule has 0 amide bonds. The maximum Gasteiger partial charge on any atom is 0.123 e. The number of hydrogen-bond acceptors (Lipinski definition) is 3. The van der Waals surface area contributed by atoms with Crippen molar-refractivity contribution in [3.63, 3.8) is 0 Å². The second-order valence-corrected chi connectivity index (χ2v) is 3.20. The first-order valence-electron chi connectivity index (χ1n) is 4.79. The van der Waals surface area contributed by atoms with Gasteiger partial charge in [0.25, 0.3) is 0 Å². The molecule has 3 nitrogen and oxygen atoms in total. The third-order valence-corrected chi connectivity index (χ3v) is 1.97. The summed E-state index contributed by atoms with van der Waals surface area (Å²) >= 11 is 0. The lowest BCUT2D eigenvalue weighted by Crippen LogP contribution is -1.96. The van der Waals surface area contributed by atoms with E-state index in [0.29, 0.717) is 6.61 Å². The van der Waals surface area contributed by atoms with E-state index >= 15 is 0 Å². The van der Waals surface area contributed by atoms with Gasteiger partial charge in [0.1, 0.15) is 18.1 Å². The molecule has 0 atom stereocenters. The Kier molecular flexibility index (Phi) is 4.71.